The lowest BCUT2D eigenvalue weighted by atomic mass is 9.89. The van der Waals surface area contributed by atoms with Gasteiger partial charge in [-0.25, -0.2) is 0 Å². The van der Waals surface area contributed by atoms with E-state index in [2.05, 4.69) is 90.3 Å². The van der Waals surface area contributed by atoms with Crippen molar-refractivity contribution >= 4 is 55.3 Å². The van der Waals surface area contributed by atoms with E-state index >= 15 is 0 Å². The van der Waals surface area contributed by atoms with E-state index in [1.54, 1.807) is 6.82 Å². The van der Waals surface area contributed by atoms with Crippen LogP contribution in [0.3, 0.4) is 0 Å². The highest BCUT2D eigenvalue weighted by Crippen LogP contribution is 2.24. The number of nitrogens with one attached hydrogen (secondary N) is 5. The number of rotatable bonds is 19. The Labute approximate surface area is 342 Å². The molecule has 8 bridgehead atoms. The highest BCUT2D eigenvalue weighted by molar-refractivity contribution is 6.45. The van der Waals surface area contributed by atoms with E-state index < -0.39 is 12.7 Å². The summed E-state index contributed by atoms with van der Waals surface area (Å²) in [7, 11) is -0.560. The zero-order chi connectivity index (χ0) is 42.1. The van der Waals surface area contributed by atoms with E-state index in [0.717, 1.165) is 88.7 Å². The second kappa shape index (κ2) is 19.7. The molecule has 1 aliphatic rings. The normalized spacial score (nSPS) is 12.3. The van der Waals surface area contributed by atoms with Crippen LogP contribution >= 0.6 is 0 Å². The largest absolute Gasteiger partial charge is 0.460 e. The Balaban J connectivity index is 1.51. The van der Waals surface area contributed by atoms with Crippen molar-refractivity contribution in [1.29, 1.82) is 0 Å². The van der Waals surface area contributed by atoms with Gasteiger partial charge in [-0.1, -0.05) is 25.3 Å². The predicted octanol–water partition coefficient (Wildman–Crippen LogP) is 4.44. The lowest BCUT2D eigenvalue weighted by Crippen LogP contribution is -2.33. The van der Waals surface area contributed by atoms with Crippen molar-refractivity contribution in [2.75, 3.05) is 33.0 Å². The van der Waals surface area contributed by atoms with Gasteiger partial charge in [-0.05, 0) is 132 Å². The van der Waals surface area contributed by atoms with Gasteiger partial charge in [-0.3, -0.25) is 9.59 Å². The molecule has 0 saturated carbocycles. The first-order valence-corrected chi connectivity index (χ1v) is 20.4. The maximum Gasteiger partial charge on any atom is 0.373 e. The third-order valence-corrected chi connectivity index (χ3v) is 10.7. The van der Waals surface area contributed by atoms with E-state index in [1.165, 1.54) is 0 Å². The number of hydrogen-bond donors (Lipinski definition) is 6. The monoisotopic (exact) mass is 791 g/mol. The van der Waals surface area contributed by atoms with Crippen LogP contribution in [0.25, 0.3) is 36.5 Å². The van der Waals surface area contributed by atoms with E-state index in [0.29, 0.717) is 65.1 Å². The molecule has 0 aliphatic carbocycles. The van der Waals surface area contributed by atoms with Gasteiger partial charge < -0.3 is 44.4 Å². The molecule has 310 valence electrons. The first-order valence-electron chi connectivity index (χ1n) is 20.4. The first kappa shape index (κ1) is 44.2. The Kier molecular flexibility index (Phi) is 15.0. The van der Waals surface area contributed by atoms with Crippen molar-refractivity contribution in [2.45, 2.75) is 99.4 Å². The molecule has 0 amide bonds. The molecular formula is C46H62BN5O6. The Morgan fingerprint density at radius 3 is 1.97 bits per heavy atom. The fraction of sp³-hybridized carbons (Fsp3) is 0.435. The van der Waals surface area contributed by atoms with E-state index in [1.807, 2.05) is 32.9 Å². The van der Waals surface area contributed by atoms with Crippen molar-refractivity contribution < 1.29 is 28.8 Å². The molecule has 58 heavy (non-hydrogen) atoms. The number of hydrogen-bond acceptors (Lipinski definition) is 7. The summed E-state index contributed by atoms with van der Waals surface area (Å²) in [6.07, 6.45) is 15.0. The topological polar surface area (TPSA) is 157 Å². The lowest BCUT2D eigenvalue weighted by Gasteiger charge is -2.19. The quantitative estimate of drug-likeness (QED) is 0.0411. The molecule has 0 aromatic carbocycles. The second-order valence-corrected chi connectivity index (χ2v) is 16.2. The van der Waals surface area contributed by atoms with Crippen molar-refractivity contribution in [2.24, 2.45) is 0 Å². The Morgan fingerprint density at radius 1 is 0.690 bits per heavy atom. The summed E-state index contributed by atoms with van der Waals surface area (Å²) < 4.78 is 16.9. The standard InChI is InChI=1S/C46H62BN5O6/c1-11-33-28(3)37-24-38-30(5)35(16-15-32(53)14-13-20-56-22-23-57-21-19-48-47(10)55)43(51-38)27-44-36(17-18-45(54)58-46(7,8)9)31(6)40(52-44)26-42-34(12-2)29(4)39(50-42)25-41(33)49-37/h11-12,24-27,48-52,55H,1-2,13-23H2,3-10H3. The first-order chi connectivity index (χ1) is 27.6. The van der Waals surface area contributed by atoms with Crippen LogP contribution in [0, 0.1) is 27.7 Å². The number of carbonyl (C=O) groups is 2. The van der Waals surface area contributed by atoms with Gasteiger partial charge in [-0.15, -0.1) is 0 Å². The molecule has 0 atom stereocenters. The molecule has 5 rings (SSSR count). The zero-order valence-electron chi connectivity index (χ0n) is 35.7. The second-order valence-electron chi connectivity index (χ2n) is 16.2. The molecule has 0 spiro atoms. The number of fused-ring (bicyclic) bond motifs is 8. The third kappa shape index (κ3) is 11.2. The van der Waals surface area contributed by atoms with Crippen molar-refractivity contribution in [1.82, 2.24) is 25.2 Å². The zero-order valence-corrected chi connectivity index (χ0v) is 35.7. The Bertz CT molecular complexity index is 2380. The fourth-order valence-corrected chi connectivity index (χ4v) is 7.51. The van der Waals surface area contributed by atoms with Crippen molar-refractivity contribution in [3.63, 3.8) is 0 Å². The SMILES string of the molecule is C=Cc1c2[nH]c(c1C)C=c1[nH]c(c(CCC(=O)CCCOCCOCCNB(C)O)c1C)=Cc1[nH]c(c(C)c1CCC(=O)OC(C)(C)C)C=c1[nH]c(c(C)c1C=C)=C2. The van der Waals surface area contributed by atoms with Crippen LogP contribution in [0.4, 0.5) is 0 Å². The summed E-state index contributed by atoms with van der Waals surface area (Å²) >= 11 is 0. The van der Waals surface area contributed by atoms with Gasteiger partial charge >= 0.3 is 13.0 Å². The van der Waals surface area contributed by atoms with Gasteiger partial charge in [0.05, 0.1) is 19.8 Å². The van der Waals surface area contributed by atoms with Crippen LogP contribution in [0.5, 0.6) is 0 Å². The number of ether oxygens (including phenoxy) is 3. The number of H-pyrrole nitrogens is 4. The molecule has 4 aromatic rings. The summed E-state index contributed by atoms with van der Waals surface area (Å²) in [6, 6.07) is 0. The number of Topliss-reactive ketones (excluding diaryl/α,β-unsaturated/α-hetero) is 1. The highest BCUT2D eigenvalue weighted by Gasteiger charge is 2.20. The molecule has 0 saturated heterocycles. The van der Waals surface area contributed by atoms with Crippen LogP contribution in [0.2, 0.25) is 6.82 Å². The third-order valence-electron chi connectivity index (χ3n) is 10.7. The highest BCUT2D eigenvalue weighted by atomic mass is 16.6. The number of aromatic nitrogens is 4. The van der Waals surface area contributed by atoms with Crippen molar-refractivity contribution in [3.05, 3.63) is 102 Å². The van der Waals surface area contributed by atoms with E-state index in [4.69, 9.17) is 14.2 Å². The van der Waals surface area contributed by atoms with Gasteiger partial charge in [0.2, 0.25) is 0 Å². The summed E-state index contributed by atoms with van der Waals surface area (Å²) in [5.74, 6) is -0.0665. The molecule has 0 fully saturated rings. The predicted molar refractivity (Wildman–Crippen MR) is 235 cm³/mol. The van der Waals surface area contributed by atoms with Gasteiger partial charge in [-0.2, -0.15) is 0 Å². The molecule has 6 N–H and O–H groups in total. The molecule has 5 heterocycles. The van der Waals surface area contributed by atoms with Gasteiger partial charge in [0, 0.05) is 87.7 Å². The summed E-state index contributed by atoms with van der Waals surface area (Å²) in [5, 5.41) is 15.9. The maximum absolute atomic E-state index is 13.2. The molecular weight excluding hydrogens is 729 g/mol. The molecule has 12 heteroatoms. The summed E-state index contributed by atoms with van der Waals surface area (Å²) in [6.45, 7) is 26.4. The van der Waals surface area contributed by atoms with Gasteiger partial charge in [0.15, 0.2) is 0 Å². The van der Waals surface area contributed by atoms with Crippen LogP contribution in [0.15, 0.2) is 13.2 Å². The van der Waals surface area contributed by atoms with Gasteiger partial charge in [0.25, 0.3) is 0 Å². The minimum absolute atomic E-state index is 0.180. The van der Waals surface area contributed by atoms with Crippen LogP contribution in [-0.2, 0) is 36.6 Å². The summed E-state index contributed by atoms with van der Waals surface area (Å²) in [4.78, 5) is 40.9. The number of aromatic amines is 4. The minimum Gasteiger partial charge on any atom is -0.460 e. The molecule has 0 radical (unpaired) electrons. The fourth-order valence-electron chi connectivity index (χ4n) is 7.51. The van der Waals surface area contributed by atoms with Crippen LogP contribution in [0.1, 0.15) is 114 Å². The number of esters is 1. The van der Waals surface area contributed by atoms with Crippen LogP contribution in [-0.4, -0.2) is 82.3 Å². The smallest absolute Gasteiger partial charge is 0.373 e. The number of carbonyl (C=O) groups excluding carboxylic acids is 2. The van der Waals surface area contributed by atoms with E-state index in [9.17, 15) is 14.6 Å². The average molecular weight is 792 g/mol. The molecule has 4 aromatic heterocycles. The molecule has 0 unspecified atom stereocenters. The maximum atomic E-state index is 13.2. The molecule has 11 nitrogen and oxygen atoms in total. The number of ketones is 1. The Morgan fingerprint density at radius 2 is 1.28 bits per heavy atom. The average Bonchev–Trinajstić information content (AvgIpc) is 3.82. The van der Waals surface area contributed by atoms with Gasteiger partial charge in [0.1, 0.15) is 11.4 Å². The molecule has 1 aliphatic heterocycles. The summed E-state index contributed by atoms with van der Waals surface area (Å²) in [5.41, 5.74) is 11.6. The van der Waals surface area contributed by atoms with E-state index in [-0.39, 0.29) is 18.2 Å². The van der Waals surface area contributed by atoms with Crippen LogP contribution < -0.4 is 26.6 Å². The minimum atomic E-state index is -0.574. The Hall–Kier alpha value is -4.88. The van der Waals surface area contributed by atoms with Crippen molar-refractivity contribution in [3.8, 4) is 0 Å². The lowest BCUT2D eigenvalue weighted by molar-refractivity contribution is -0.154.